The number of anilines is 1. The Hall–Kier alpha value is -2.71. The molecule has 2 heterocycles. The number of sulfonamides is 1. The van der Waals surface area contributed by atoms with Gasteiger partial charge >= 0.3 is 0 Å². The van der Waals surface area contributed by atoms with E-state index < -0.39 is 10.0 Å². The second-order valence-electron chi connectivity index (χ2n) is 5.12. The topological polar surface area (TPSA) is 107 Å². The summed E-state index contributed by atoms with van der Waals surface area (Å²) in [5, 5.41) is 9.30. The Morgan fingerprint density at radius 1 is 1.08 bits per heavy atom. The van der Waals surface area contributed by atoms with Gasteiger partial charge in [0.2, 0.25) is 15.9 Å². The Morgan fingerprint density at radius 3 is 2.46 bits per heavy atom. The van der Waals surface area contributed by atoms with E-state index in [1.165, 1.54) is 12.1 Å². The Labute approximate surface area is 139 Å². The van der Waals surface area contributed by atoms with Gasteiger partial charge in [-0.15, -0.1) is 0 Å². The van der Waals surface area contributed by atoms with Crippen molar-refractivity contribution in [3.8, 4) is 5.88 Å². The van der Waals surface area contributed by atoms with E-state index in [2.05, 4.69) is 15.3 Å². The molecule has 0 fully saturated rings. The molecule has 0 atom stereocenters. The lowest BCUT2D eigenvalue weighted by molar-refractivity contribution is 0.402. The molecule has 0 aliphatic heterocycles. The predicted molar refractivity (Wildman–Crippen MR) is 91.2 cm³/mol. The van der Waals surface area contributed by atoms with Gasteiger partial charge in [0.05, 0.1) is 12.0 Å². The third-order valence-corrected chi connectivity index (χ3v) is 4.48. The summed E-state index contributed by atoms with van der Waals surface area (Å²) in [7, 11) is -2.12. The molecule has 0 amide bonds. The lowest BCUT2D eigenvalue weighted by atomic mass is 10.2. The molecule has 0 radical (unpaired) electrons. The lowest BCUT2D eigenvalue weighted by Crippen LogP contribution is -2.12. The van der Waals surface area contributed by atoms with Crippen molar-refractivity contribution in [3.63, 3.8) is 0 Å². The number of hydrogen-bond acceptors (Lipinski definition) is 6. The molecular formula is C16H16N4O3S. The first-order valence-electron chi connectivity index (χ1n) is 7.12. The second-order valence-corrected chi connectivity index (χ2v) is 6.68. The van der Waals surface area contributed by atoms with Crippen molar-refractivity contribution in [1.82, 2.24) is 9.97 Å². The van der Waals surface area contributed by atoms with Crippen molar-refractivity contribution in [2.75, 3.05) is 12.4 Å². The van der Waals surface area contributed by atoms with E-state index in [0.29, 0.717) is 17.9 Å². The maximum atomic E-state index is 11.3. The molecule has 0 saturated carbocycles. The van der Waals surface area contributed by atoms with Gasteiger partial charge in [0, 0.05) is 30.0 Å². The number of methoxy groups -OCH3 is 1. The smallest absolute Gasteiger partial charge is 0.240 e. The van der Waals surface area contributed by atoms with E-state index >= 15 is 0 Å². The first-order valence-corrected chi connectivity index (χ1v) is 8.67. The second kappa shape index (κ2) is 6.42. The number of nitrogens with two attached hydrogens (primary N) is 1. The number of primary sulfonamides is 1. The number of nitrogens with one attached hydrogen (secondary N) is 1. The third-order valence-electron chi connectivity index (χ3n) is 3.55. The summed E-state index contributed by atoms with van der Waals surface area (Å²) in [6.45, 7) is 0.522. The van der Waals surface area contributed by atoms with Crippen LogP contribution in [0.2, 0.25) is 0 Å². The van der Waals surface area contributed by atoms with E-state index in [1.807, 2.05) is 12.1 Å². The standard InChI is InChI=1S/C16H16N4O3S/c1-23-16-15-13(6-8-19-16)14(7-9-18-15)20-10-11-2-4-12(5-3-11)24(17,21)22/h2-9H,10H2,1H3,(H,18,20)(H2,17,21,22). The van der Waals surface area contributed by atoms with E-state index in [0.717, 1.165) is 16.6 Å². The summed E-state index contributed by atoms with van der Waals surface area (Å²) in [5.74, 6) is 0.466. The van der Waals surface area contributed by atoms with Gasteiger partial charge in [-0.1, -0.05) is 12.1 Å². The summed E-state index contributed by atoms with van der Waals surface area (Å²) in [6.07, 6.45) is 3.34. The third kappa shape index (κ3) is 3.29. The van der Waals surface area contributed by atoms with Crippen LogP contribution in [0, 0.1) is 0 Å². The molecule has 3 rings (SSSR count). The SMILES string of the molecule is COc1nccc2c(NCc3ccc(S(N)(=O)=O)cc3)ccnc12. The number of nitrogens with zero attached hydrogens (tertiary/aromatic N) is 2. The Kier molecular flexibility index (Phi) is 4.32. The predicted octanol–water partition coefficient (Wildman–Crippen LogP) is 1.90. The number of pyridine rings is 2. The number of ether oxygens (including phenoxy) is 1. The molecule has 2 aromatic heterocycles. The van der Waals surface area contributed by atoms with Gasteiger partial charge in [0.1, 0.15) is 5.52 Å². The number of hydrogen-bond donors (Lipinski definition) is 2. The van der Waals surface area contributed by atoms with Gasteiger partial charge in [-0.2, -0.15) is 0 Å². The summed E-state index contributed by atoms with van der Waals surface area (Å²) in [5.41, 5.74) is 2.49. The summed E-state index contributed by atoms with van der Waals surface area (Å²) < 4.78 is 27.8. The minimum Gasteiger partial charge on any atom is -0.479 e. The maximum Gasteiger partial charge on any atom is 0.240 e. The van der Waals surface area contributed by atoms with Crippen LogP contribution in [0.4, 0.5) is 5.69 Å². The van der Waals surface area contributed by atoms with E-state index in [4.69, 9.17) is 9.88 Å². The first-order chi connectivity index (χ1) is 11.5. The molecule has 124 valence electrons. The van der Waals surface area contributed by atoms with E-state index in [9.17, 15) is 8.42 Å². The van der Waals surface area contributed by atoms with Crippen molar-refractivity contribution in [3.05, 3.63) is 54.4 Å². The number of benzene rings is 1. The zero-order valence-corrected chi connectivity index (χ0v) is 13.7. The van der Waals surface area contributed by atoms with Gasteiger partial charge in [-0.25, -0.2) is 18.5 Å². The van der Waals surface area contributed by atoms with Crippen molar-refractivity contribution in [2.45, 2.75) is 11.4 Å². The number of fused-ring (bicyclic) bond motifs is 1. The van der Waals surface area contributed by atoms with Crippen molar-refractivity contribution < 1.29 is 13.2 Å². The fraction of sp³-hybridized carbons (Fsp3) is 0.125. The molecule has 0 bridgehead atoms. The number of rotatable bonds is 5. The van der Waals surface area contributed by atoms with Crippen LogP contribution in [0.25, 0.3) is 10.9 Å². The quantitative estimate of drug-likeness (QED) is 0.732. The fourth-order valence-corrected chi connectivity index (χ4v) is 2.87. The highest BCUT2D eigenvalue weighted by atomic mass is 32.2. The Balaban J connectivity index is 1.83. The van der Waals surface area contributed by atoms with Crippen LogP contribution >= 0.6 is 0 Å². The summed E-state index contributed by atoms with van der Waals surface area (Å²) in [6, 6.07) is 10.1. The average molecular weight is 344 g/mol. The zero-order valence-electron chi connectivity index (χ0n) is 12.9. The molecule has 0 aliphatic rings. The van der Waals surface area contributed by atoms with Crippen molar-refractivity contribution in [1.29, 1.82) is 0 Å². The minimum atomic E-state index is -3.67. The van der Waals surface area contributed by atoms with Crippen LogP contribution in [0.5, 0.6) is 5.88 Å². The Bertz CT molecular complexity index is 972. The van der Waals surface area contributed by atoms with Gasteiger partial charge in [-0.05, 0) is 29.8 Å². The molecule has 0 unspecified atom stereocenters. The first kappa shape index (κ1) is 16.2. The molecule has 1 aromatic carbocycles. The molecule has 0 saturated heterocycles. The van der Waals surface area contributed by atoms with Crippen LogP contribution < -0.4 is 15.2 Å². The van der Waals surface area contributed by atoms with Crippen LogP contribution in [0.1, 0.15) is 5.56 Å². The highest BCUT2D eigenvalue weighted by molar-refractivity contribution is 7.89. The molecule has 24 heavy (non-hydrogen) atoms. The zero-order chi connectivity index (χ0) is 17.2. The van der Waals surface area contributed by atoms with E-state index in [-0.39, 0.29) is 4.90 Å². The van der Waals surface area contributed by atoms with E-state index in [1.54, 1.807) is 31.6 Å². The van der Waals surface area contributed by atoms with Crippen molar-refractivity contribution >= 4 is 26.6 Å². The lowest BCUT2D eigenvalue weighted by Gasteiger charge is -2.11. The molecule has 8 heteroatoms. The summed E-state index contributed by atoms with van der Waals surface area (Å²) >= 11 is 0. The fourth-order valence-electron chi connectivity index (χ4n) is 2.35. The molecule has 7 nitrogen and oxygen atoms in total. The van der Waals surface area contributed by atoms with Gasteiger partial charge in [-0.3, -0.25) is 4.98 Å². The van der Waals surface area contributed by atoms with Crippen LogP contribution in [-0.4, -0.2) is 25.5 Å². The highest BCUT2D eigenvalue weighted by Crippen LogP contribution is 2.27. The average Bonchev–Trinajstić information content (AvgIpc) is 2.59. The molecule has 3 aromatic rings. The van der Waals surface area contributed by atoms with Crippen molar-refractivity contribution in [2.24, 2.45) is 5.14 Å². The van der Waals surface area contributed by atoms with Crippen LogP contribution in [0.3, 0.4) is 0 Å². The molecule has 3 N–H and O–H groups in total. The minimum absolute atomic E-state index is 0.0939. The van der Waals surface area contributed by atoms with Crippen LogP contribution in [-0.2, 0) is 16.6 Å². The Morgan fingerprint density at radius 2 is 1.79 bits per heavy atom. The summed E-state index contributed by atoms with van der Waals surface area (Å²) in [4.78, 5) is 8.53. The highest BCUT2D eigenvalue weighted by Gasteiger charge is 2.09. The van der Waals surface area contributed by atoms with Gasteiger partial charge in [0.25, 0.3) is 0 Å². The van der Waals surface area contributed by atoms with Crippen LogP contribution in [0.15, 0.2) is 53.7 Å². The molecular weight excluding hydrogens is 328 g/mol. The number of aromatic nitrogens is 2. The van der Waals surface area contributed by atoms with Gasteiger partial charge in [0.15, 0.2) is 0 Å². The maximum absolute atomic E-state index is 11.3. The monoisotopic (exact) mass is 344 g/mol. The molecule has 0 spiro atoms. The largest absolute Gasteiger partial charge is 0.479 e. The molecule has 0 aliphatic carbocycles. The normalized spacial score (nSPS) is 11.4. The van der Waals surface area contributed by atoms with Gasteiger partial charge < -0.3 is 10.1 Å².